The van der Waals surface area contributed by atoms with Crippen LogP contribution >= 0.6 is 11.3 Å². The lowest BCUT2D eigenvalue weighted by Crippen LogP contribution is -2.38. The lowest BCUT2D eigenvalue weighted by atomic mass is 9.99. The van der Waals surface area contributed by atoms with Crippen LogP contribution in [-0.4, -0.2) is 22.4 Å². The standard InChI is InChI=1S/C12H18N4S/c1-7-9-6-11(17-12(9)16(2)15-7)10-5-8(13)3-4-14-10/h6,8,10,14H,3-5,13H2,1-2H3. The van der Waals surface area contributed by atoms with Crippen LogP contribution in [0.25, 0.3) is 10.2 Å². The molecule has 1 fully saturated rings. The minimum Gasteiger partial charge on any atom is -0.328 e. The SMILES string of the molecule is Cc1nn(C)c2sc(C3CC(N)CCN3)cc12. The van der Waals surface area contributed by atoms with Crippen LogP contribution in [0.2, 0.25) is 0 Å². The molecular weight excluding hydrogens is 232 g/mol. The van der Waals surface area contributed by atoms with Crippen LogP contribution in [0.4, 0.5) is 0 Å². The molecule has 92 valence electrons. The largest absolute Gasteiger partial charge is 0.328 e. The van der Waals surface area contributed by atoms with Crippen molar-refractivity contribution in [3.05, 3.63) is 16.6 Å². The third-order valence-corrected chi connectivity index (χ3v) is 4.82. The number of hydrogen-bond acceptors (Lipinski definition) is 4. The van der Waals surface area contributed by atoms with Crippen molar-refractivity contribution in [2.75, 3.05) is 6.54 Å². The third kappa shape index (κ3) is 1.88. The van der Waals surface area contributed by atoms with Gasteiger partial charge in [-0.05, 0) is 32.4 Å². The number of piperidine rings is 1. The molecule has 4 nitrogen and oxygen atoms in total. The van der Waals surface area contributed by atoms with Crippen molar-refractivity contribution in [2.45, 2.75) is 31.8 Å². The van der Waals surface area contributed by atoms with Crippen molar-refractivity contribution >= 4 is 21.6 Å². The summed E-state index contributed by atoms with van der Waals surface area (Å²) in [5.74, 6) is 0. The Kier molecular flexibility index (Phi) is 2.69. The second-order valence-electron chi connectivity index (χ2n) is 4.87. The number of nitrogens with zero attached hydrogens (tertiary/aromatic N) is 2. The van der Waals surface area contributed by atoms with Crippen LogP contribution in [0.3, 0.4) is 0 Å². The van der Waals surface area contributed by atoms with Gasteiger partial charge in [0, 0.05) is 29.4 Å². The van der Waals surface area contributed by atoms with Gasteiger partial charge in [-0.25, -0.2) is 0 Å². The summed E-state index contributed by atoms with van der Waals surface area (Å²) in [6, 6.07) is 3.04. The molecule has 2 aromatic heterocycles. The van der Waals surface area contributed by atoms with Gasteiger partial charge in [0.15, 0.2) is 0 Å². The Morgan fingerprint density at radius 2 is 2.41 bits per heavy atom. The summed E-state index contributed by atoms with van der Waals surface area (Å²) in [5.41, 5.74) is 7.15. The number of nitrogens with two attached hydrogens (primary N) is 1. The summed E-state index contributed by atoms with van der Waals surface area (Å²) in [4.78, 5) is 2.66. The highest BCUT2D eigenvalue weighted by atomic mass is 32.1. The molecule has 0 saturated carbocycles. The molecule has 3 rings (SSSR count). The van der Waals surface area contributed by atoms with E-state index in [9.17, 15) is 0 Å². The zero-order valence-corrected chi connectivity index (χ0v) is 11.0. The summed E-state index contributed by atoms with van der Waals surface area (Å²) >= 11 is 1.84. The van der Waals surface area contributed by atoms with Crippen molar-refractivity contribution in [3.63, 3.8) is 0 Å². The molecular formula is C12H18N4S. The second kappa shape index (κ2) is 4.08. The van der Waals surface area contributed by atoms with Crippen LogP contribution in [0.5, 0.6) is 0 Å². The Hall–Kier alpha value is -0.910. The van der Waals surface area contributed by atoms with Crippen molar-refractivity contribution in [1.82, 2.24) is 15.1 Å². The highest BCUT2D eigenvalue weighted by molar-refractivity contribution is 7.18. The predicted octanol–water partition coefficient (Wildman–Crippen LogP) is 1.70. The normalized spacial score (nSPS) is 25.6. The number of nitrogens with one attached hydrogen (secondary N) is 1. The Labute approximate surface area is 105 Å². The number of rotatable bonds is 1. The van der Waals surface area contributed by atoms with Gasteiger partial charge in [-0.1, -0.05) is 0 Å². The van der Waals surface area contributed by atoms with Gasteiger partial charge in [0.25, 0.3) is 0 Å². The van der Waals surface area contributed by atoms with E-state index in [1.54, 1.807) is 0 Å². The van der Waals surface area contributed by atoms with Crippen molar-refractivity contribution in [3.8, 4) is 0 Å². The number of aromatic nitrogens is 2. The zero-order valence-electron chi connectivity index (χ0n) is 10.2. The van der Waals surface area contributed by atoms with E-state index in [2.05, 4.69) is 23.4 Å². The minimum absolute atomic E-state index is 0.339. The molecule has 0 spiro atoms. The molecule has 2 aromatic rings. The first-order chi connectivity index (χ1) is 8.15. The maximum Gasteiger partial charge on any atom is 0.121 e. The fraction of sp³-hybridized carbons (Fsp3) is 0.583. The fourth-order valence-electron chi connectivity index (χ4n) is 2.56. The van der Waals surface area contributed by atoms with Crippen molar-refractivity contribution in [1.29, 1.82) is 0 Å². The van der Waals surface area contributed by atoms with Crippen molar-refractivity contribution < 1.29 is 0 Å². The highest BCUT2D eigenvalue weighted by Gasteiger charge is 2.22. The number of aryl methyl sites for hydroxylation is 2. The molecule has 0 aromatic carbocycles. The van der Waals surface area contributed by atoms with Gasteiger partial charge in [0.2, 0.25) is 0 Å². The van der Waals surface area contributed by atoms with Crippen LogP contribution in [0.1, 0.15) is 29.5 Å². The number of hydrogen-bond donors (Lipinski definition) is 2. The van der Waals surface area contributed by atoms with Gasteiger partial charge >= 0.3 is 0 Å². The van der Waals surface area contributed by atoms with Crippen LogP contribution in [-0.2, 0) is 7.05 Å². The summed E-state index contributed by atoms with van der Waals surface area (Å²) in [6.07, 6.45) is 2.13. The number of thiophene rings is 1. The summed E-state index contributed by atoms with van der Waals surface area (Å²) in [5, 5.41) is 9.28. The summed E-state index contributed by atoms with van der Waals surface area (Å²) in [7, 11) is 2.01. The van der Waals surface area contributed by atoms with Gasteiger partial charge in [-0.15, -0.1) is 11.3 Å². The average Bonchev–Trinajstić information content (AvgIpc) is 2.82. The van der Waals surface area contributed by atoms with Gasteiger partial charge in [-0.3, -0.25) is 4.68 Å². The van der Waals surface area contributed by atoms with Crippen LogP contribution in [0.15, 0.2) is 6.07 Å². The lowest BCUT2D eigenvalue weighted by Gasteiger charge is -2.27. The number of fused-ring (bicyclic) bond motifs is 1. The van der Waals surface area contributed by atoms with Gasteiger partial charge in [0.1, 0.15) is 4.83 Å². The second-order valence-corrected chi connectivity index (χ2v) is 5.93. The zero-order chi connectivity index (χ0) is 12.0. The molecule has 0 aliphatic carbocycles. The molecule has 2 atom stereocenters. The molecule has 0 amide bonds. The predicted molar refractivity (Wildman–Crippen MR) is 71.3 cm³/mol. The minimum atomic E-state index is 0.339. The molecule has 2 unspecified atom stereocenters. The highest BCUT2D eigenvalue weighted by Crippen LogP contribution is 2.34. The van der Waals surface area contributed by atoms with Crippen molar-refractivity contribution in [2.24, 2.45) is 12.8 Å². The van der Waals surface area contributed by atoms with E-state index in [4.69, 9.17) is 5.73 Å². The molecule has 5 heteroatoms. The quantitative estimate of drug-likeness (QED) is 0.810. The first-order valence-electron chi connectivity index (χ1n) is 6.07. The van der Waals surface area contributed by atoms with E-state index in [1.165, 1.54) is 15.1 Å². The average molecular weight is 250 g/mol. The first kappa shape index (κ1) is 11.2. The molecule has 17 heavy (non-hydrogen) atoms. The maximum atomic E-state index is 6.04. The monoisotopic (exact) mass is 250 g/mol. The van der Waals surface area contributed by atoms with E-state index >= 15 is 0 Å². The van der Waals surface area contributed by atoms with Gasteiger partial charge in [-0.2, -0.15) is 5.10 Å². The van der Waals surface area contributed by atoms with Crippen LogP contribution in [0, 0.1) is 6.92 Å². The van der Waals surface area contributed by atoms with Gasteiger partial charge < -0.3 is 11.1 Å². The van der Waals surface area contributed by atoms with E-state index in [0.29, 0.717) is 12.1 Å². The Morgan fingerprint density at radius 1 is 1.59 bits per heavy atom. The molecule has 1 aliphatic heterocycles. The Balaban J connectivity index is 1.97. The molecule has 1 saturated heterocycles. The molecule has 3 N–H and O–H groups in total. The van der Waals surface area contributed by atoms with E-state index in [1.807, 2.05) is 23.1 Å². The maximum absolute atomic E-state index is 6.04. The molecule has 3 heterocycles. The molecule has 0 radical (unpaired) electrons. The van der Waals surface area contributed by atoms with E-state index in [0.717, 1.165) is 25.1 Å². The molecule has 0 bridgehead atoms. The Morgan fingerprint density at radius 3 is 3.12 bits per heavy atom. The first-order valence-corrected chi connectivity index (χ1v) is 6.89. The van der Waals surface area contributed by atoms with Crippen LogP contribution < -0.4 is 11.1 Å². The smallest absolute Gasteiger partial charge is 0.121 e. The summed E-state index contributed by atoms with van der Waals surface area (Å²) in [6.45, 7) is 3.09. The third-order valence-electron chi connectivity index (χ3n) is 3.50. The fourth-order valence-corrected chi connectivity index (χ4v) is 3.77. The Bertz CT molecular complexity index is 507. The van der Waals surface area contributed by atoms with E-state index < -0.39 is 0 Å². The molecule has 1 aliphatic rings. The van der Waals surface area contributed by atoms with E-state index in [-0.39, 0.29) is 0 Å². The summed E-state index contributed by atoms with van der Waals surface area (Å²) < 4.78 is 1.97. The van der Waals surface area contributed by atoms with Gasteiger partial charge in [0.05, 0.1) is 5.69 Å². The lowest BCUT2D eigenvalue weighted by molar-refractivity contribution is 0.373. The topological polar surface area (TPSA) is 55.9 Å².